The standard InChI is InChI=1S/C22H29N5O6/c1-4-5-6-18(29)26-20-14-7-8-17(27(14)25-12-24-20)22(11-23)9-15(28)19(30)16(33-22)10-32-21(31)13(2)3/h7-8,12-13,15-16,19,28,30H,4-6,9-10H2,1-3H3,(H,24,25,26,29)/t15-,16+,19-,22-/m0/s1. The van der Waals surface area contributed by atoms with E-state index in [-0.39, 0.29) is 36.4 Å². The quantitative estimate of drug-likeness (QED) is 0.494. The van der Waals surface area contributed by atoms with Crippen LogP contribution in [-0.4, -0.2) is 61.6 Å². The Hall–Kier alpha value is -3.07. The number of aromatic nitrogens is 3. The predicted octanol–water partition coefficient (Wildman–Crippen LogP) is 1.29. The van der Waals surface area contributed by atoms with Crippen molar-refractivity contribution in [2.24, 2.45) is 5.92 Å². The zero-order chi connectivity index (χ0) is 24.2. The van der Waals surface area contributed by atoms with Crippen LogP contribution in [0.1, 0.15) is 52.1 Å². The summed E-state index contributed by atoms with van der Waals surface area (Å²) in [6, 6.07) is 5.32. The van der Waals surface area contributed by atoms with Gasteiger partial charge in [0.05, 0.1) is 17.7 Å². The summed E-state index contributed by atoms with van der Waals surface area (Å²) in [7, 11) is 0. The monoisotopic (exact) mass is 459 g/mol. The van der Waals surface area contributed by atoms with Crippen LogP contribution in [0, 0.1) is 17.2 Å². The number of amides is 1. The van der Waals surface area contributed by atoms with Gasteiger partial charge < -0.3 is 25.0 Å². The molecule has 33 heavy (non-hydrogen) atoms. The van der Waals surface area contributed by atoms with Crippen LogP contribution < -0.4 is 5.32 Å². The third kappa shape index (κ3) is 5.13. The maximum atomic E-state index is 12.2. The van der Waals surface area contributed by atoms with Crippen LogP contribution in [0.4, 0.5) is 5.82 Å². The first-order valence-corrected chi connectivity index (χ1v) is 11.0. The van der Waals surface area contributed by atoms with Crippen LogP contribution in [0.2, 0.25) is 0 Å². The Balaban J connectivity index is 1.91. The number of aliphatic hydroxyl groups is 2. The zero-order valence-electron chi connectivity index (χ0n) is 18.9. The van der Waals surface area contributed by atoms with E-state index in [1.54, 1.807) is 26.0 Å². The number of esters is 1. The maximum absolute atomic E-state index is 12.2. The molecule has 0 spiro atoms. The Morgan fingerprint density at radius 2 is 2.18 bits per heavy atom. The molecule has 178 valence electrons. The molecule has 0 aromatic carbocycles. The molecule has 1 aliphatic heterocycles. The lowest BCUT2D eigenvalue weighted by molar-refractivity contribution is -0.215. The molecule has 3 heterocycles. The summed E-state index contributed by atoms with van der Waals surface area (Å²) < 4.78 is 12.5. The van der Waals surface area contributed by atoms with Gasteiger partial charge in [-0.15, -0.1) is 0 Å². The summed E-state index contributed by atoms with van der Waals surface area (Å²) in [5.74, 6) is -0.773. The molecule has 1 fully saturated rings. The zero-order valence-corrected chi connectivity index (χ0v) is 18.9. The third-order valence-electron chi connectivity index (χ3n) is 5.55. The largest absolute Gasteiger partial charge is 0.463 e. The van der Waals surface area contributed by atoms with Gasteiger partial charge in [0.1, 0.15) is 36.7 Å². The highest BCUT2D eigenvalue weighted by atomic mass is 16.6. The van der Waals surface area contributed by atoms with Gasteiger partial charge in [0, 0.05) is 12.8 Å². The minimum atomic E-state index is -1.68. The summed E-state index contributed by atoms with van der Waals surface area (Å²) in [5, 5.41) is 37.9. The molecule has 1 amide bonds. The van der Waals surface area contributed by atoms with Crippen molar-refractivity contribution >= 4 is 23.2 Å². The lowest BCUT2D eigenvalue weighted by atomic mass is 9.86. The second-order valence-electron chi connectivity index (χ2n) is 8.42. The lowest BCUT2D eigenvalue weighted by Gasteiger charge is -2.41. The second-order valence-corrected chi connectivity index (χ2v) is 8.42. The van der Waals surface area contributed by atoms with Crippen LogP contribution in [0.15, 0.2) is 18.5 Å². The van der Waals surface area contributed by atoms with Crippen molar-refractivity contribution in [1.29, 1.82) is 5.26 Å². The van der Waals surface area contributed by atoms with Gasteiger partial charge in [0.2, 0.25) is 5.91 Å². The number of rotatable bonds is 8. The van der Waals surface area contributed by atoms with E-state index in [9.17, 15) is 25.1 Å². The van der Waals surface area contributed by atoms with Crippen LogP contribution in [-0.2, 0) is 24.7 Å². The summed E-state index contributed by atoms with van der Waals surface area (Å²) in [6.45, 7) is 5.00. The Morgan fingerprint density at radius 3 is 2.85 bits per heavy atom. The van der Waals surface area contributed by atoms with E-state index >= 15 is 0 Å². The molecule has 0 radical (unpaired) electrons. The van der Waals surface area contributed by atoms with Crippen LogP contribution in [0.5, 0.6) is 0 Å². The van der Waals surface area contributed by atoms with E-state index in [0.29, 0.717) is 11.9 Å². The fourth-order valence-corrected chi connectivity index (χ4v) is 3.66. The van der Waals surface area contributed by atoms with Crippen LogP contribution in [0.3, 0.4) is 0 Å². The van der Waals surface area contributed by atoms with Crippen molar-refractivity contribution in [3.8, 4) is 6.07 Å². The molecule has 1 saturated heterocycles. The van der Waals surface area contributed by atoms with E-state index in [4.69, 9.17) is 9.47 Å². The molecule has 0 bridgehead atoms. The van der Waals surface area contributed by atoms with Gasteiger partial charge in [0.25, 0.3) is 0 Å². The van der Waals surface area contributed by atoms with Gasteiger partial charge in [-0.3, -0.25) is 9.59 Å². The van der Waals surface area contributed by atoms with Crippen molar-refractivity contribution < 1.29 is 29.3 Å². The lowest BCUT2D eigenvalue weighted by Crippen LogP contribution is -2.54. The predicted molar refractivity (Wildman–Crippen MR) is 116 cm³/mol. The molecule has 1 aliphatic rings. The van der Waals surface area contributed by atoms with Crippen molar-refractivity contribution in [3.05, 3.63) is 24.2 Å². The first-order chi connectivity index (χ1) is 15.7. The van der Waals surface area contributed by atoms with Gasteiger partial charge in [0.15, 0.2) is 11.4 Å². The molecule has 4 atom stereocenters. The fraction of sp³-hybridized carbons (Fsp3) is 0.591. The van der Waals surface area contributed by atoms with Gasteiger partial charge in [-0.05, 0) is 18.6 Å². The van der Waals surface area contributed by atoms with E-state index in [1.807, 2.05) is 6.92 Å². The first-order valence-electron chi connectivity index (χ1n) is 11.0. The van der Waals surface area contributed by atoms with Crippen LogP contribution in [0.25, 0.3) is 5.52 Å². The SMILES string of the molecule is CCCCC(=O)Nc1ncnn2c([C@@]3(C#N)C[C@H](O)[C@H](O)[C@@H](COC(=O)C(C)C)O3)ccc12. The Labute approximate surface area is 191 Å². The number of hydrogen-bond acceptors (Lipinski definition) is 9. The molecule has 2 aromatic heterocycles. The molecule has 3 rings (SSSR count). The molecule has 11 heteroatoms. The second kappa shape index (κ2) is 10.2. The van der Waals surface area contributed by atoms with Crippen molar-refractivity contribution in [2.75, 3.05) is 11.9 Å². The molecular formula is C22H29N5O6. The van der Waals surface area contributed by atoms with Gasteiger partial charge in [-0.1, -0.05) is 27.2 Å². The minimum Gasteiger partial charge on any atom is -0.463 e. The first kappa shape index (κ1) is 24.6. The Bertz CT molecular complexity index is 1050. The van der Waals surface area contributed by atoms with Crippen LogP contribution >= 0.6 is 0 Å². The smallest absolute Gasteiger partial charge is 0.308 e. The number of hydrogen-bond donors (Lipinski definition) is 3. The highest BCUT2D eigenvalue weighted by Crippen LogP contribution is 2.39. The number of unbranched alkanes of at least 4 members (excludes halogenated alkanes) is 1. The molecule has 0 unspecified atom stereocenters. The summed E-state index contributed by atoms with van der Waals surface area (Å²) in [4.78, 5) is 28.2. The van der Waals surface area contributed by atoms with Crippen molar-refractivity contribution in [1.82, 2.24) is 14.6 Å². The molecule has 2 aromatic rings. The number of nitrogens with one attached hydrogen (secondary N) is 1. The number of ether oxygens (including phenoxy) is 2. The van der Waals surface area contributed by atoms with Gasteiger partial charge in [-0.2, -0.15) is 10.4 Å². The highest BCUT2D eigenvalue weighted by Gasteiger charge is 2.50. The van der Waals surface area contributed by atoms with Gasteiger partial charge >= 0.3 is 5.97 Å². The summed E-state index contributed by atoms with van der Waals surface area (Å²) in [6.07, 6.45) is -0.786. The van der Waals surface area contributed by atoms with Gasteiger partial charge in [-0.25, -0.2) is 9.50 Å². The Kier molecular flexibility index (Phi) is 7.63. The number of carbonyl (C=O) groups excluding carboxylic acids is 2. The average molecular weight is 460 g/mol. The van der Waals surface area contributed by atoms with Crippen molar-refractivity contribution in [2.45, 2.75) is 70.4 Å². The van der Waals surface area contributed by atoms with E-state index < -0.39 is 29.9 Å². The van der Waals surface area contributed by atoms with E-state index in [0.717, 1.165) is 12.8 Å². The number of nitriles is 1. The highest BCUT2D eigenvalue weighted by molar-refractivity contribution is 5.93. The maximum Gasteiger partial charge on any atom is 0.308 e. The van der Waals surface area contributed by atoms with E-state index in [2.05, 4.69) is 21.5 Å². The topological polar surface area (TPSA) is 159 Å². The number of anilines is 1. The molecule has 0 aliphatic carbocycles. The average Bonchev–Trinajstić information content (AvgIpc) is 3.24. The molecule has 11 nitrogen and oxygen atoms in total. The van der Waals surface area contributed by atoms with Crippen molar-refractivity contribution in [3.63, 3.8) is 0 Å². The molecule has 0 saturated carbocycles. The number of fused-ring (bicyclic) bond motifs is 1. The molecule has 3 N–H and O–H groups in total. The number of aliphatic hydroxyl groups excluding tert-OH is 2. The normalized spacial score (nSPS) is 25.1. The fourth-order valence-electron chi connectivity index (χ4n) is 3.66. The van der Waals surface area contributed by atoms with E-state index in [1.165, 1.54) is 10.8 Å². The summed E-state index contributed by atoms with van der Waals surface area (Å²) in [5.41, 5.74) is -0.950. The Morgan fingerprint density at radius 1 is 1.42 bits per heavy atom. The third-order valence-corrected chi connectivity index (χ3v) is 5.55. The molecular weight excluding hydrogens is 430 g/mol. The number of nitrogens with zero attached hydrogens (tertiary/aromatic N) is 4. The minimum absolute atomic E-state index is 0.185. The summed E-state index contributed by atoms with van der Waals surface area (Å²) >= 11 is 0. The number of carbonyl (C=O) groups is 2.